The van der Waals surface area contributed by atoms with Gasteiger partial charge in [0.15, 0.2) is 0 Å². The Morgan fingerprint density at radius 3 is 2.56 bits per heavy atom. The highest BCUT2D eigenvalue weighted by atomic mass is 32.1. The number of ether oxygens (including phenoxy) is 1. The minimum Gasteiger partial charge on any atom is -0.481 e. The van der Waals surface area contributed by atoms with Crippen LogP contribution in [-0.4, -0.2) is 33.7 Å². The topological polar surface area (TPSA) is 101 Å². The Bertz CT molecular complexity index is 1100. The number of nitrogens with one attached hydrogen (secondary N) is 3. The molecule has 0 atom stereocenters. The van der Waals surface area contributed by atoms with E-state index in [1.54, 1.807) is 30.3 Å². The molecule has 3 aromatic rings. The molecule has 0 spiro atoms. The van der Waals surface area contributed by atoms with E-state index in [1.165, 1.54) is 19.4 Å². The fourth-order valence-corrected chi connectivity index (χ4v) is 2.82. The molecule has 0 aliphatic carbocycles. The number of rotatable bonds is 8. The largest absolute Gasteiger partial charge is 0.481 e. The van der Waals surface area contributed by atoms with E-state index < -0.39 is 17.6 Å². The van der Waals surface area contributed by atoms with Gasteiger partial charge >= 0.3 is 6.18 Å². The van der Waals surface area contributed by atoms with Crippen molar-refractivity contribution in [2.24, 2.45) is 0 Å². The summed E-state index contributed by atoms with van der Waals surface area (Å²) >= 11 is 4.00. The van der Waals surface area contributed by atoms with Gasteiger partial charge in [-0.1, -0.05) is 12.1 Å². The van der Waals surface area contributed by atoms with Crippen molar-refractivity contribution in [3.8, 4) is 5.88 Å². The van der Waals surface area contributed by atoms with Crippen LogP contribution in [0.15, 0.2) is 48.8 Å². The van der Waals surface area contributed by atoms with E-state index in [1.807, 2.05) is 0 Å². The maximum atomic E-state index is 13.6. The molecule has 0 unspecified atom stereocenters. The predicted octanol–water partition coefficient (Wildman–Crippen LogP) is 4.64. The molecule has 1 amide bonds. The first kappa shape index (κ1) is 23.1. The minimum atomic E-state index is -4.70. The first-order chi connectivity index (χ1) is 15.3. The highest BCUT2D eigenvalue weighted by Crippen LogP contribution is 2.36. The van der Waals surface area contributed by atoms with Crippen LogP contribution in [-0.2, 0) is 11.0 Å². The maximum Gasteiger partial charge on any atom is 0.421 e. The fourth-order valence-electron chi connectivity index (χ4n) is 2.62. The molecule has 0 aliphatic rings. The molecule has 0 fully saturated rings. The first-order valence-electron chi connectivity index (χ1n) is 9.28. The van der Waals surface area contributed by atoms with Gasteiger partial charge in [0, 0.05) is 30.6 Å². The highest BCUT2D eigenvalue weighted by Gasteiger charge is 2.35. The summed E-state index contributed by atoms with van der Waals surface area (Å²) in [4.78, 5) is 23.7. The number of hydrogen-bond acceptors (Lipinski definition) is 8. The van der Waals surface area contributed by atoms with Gasteiger partial charge in [0.05, 0.1) is 18.5 Å². The Morgan fingerprint density at radius 2 is 1.88 bits per heavy atom. The predicted molar refractivity (Wildman–Crippen MR) is 118 cm³/mol. The van der Waals surface area contributed by atoms with E-state index >= 15 is 0 Å². The number of anilines is 5. The third kappa shape index (κ3) is 6.00. The number of para-hydroxylation sites is 2. The maximum absolute atomic E-state index is 13.6. The van der Waals surface area contributed by atoms with Crippen LogP contribution >= 0.6 is 12.6 Å². The van der Waals surface area contributed by atoms with Crippen molar-refractivity contribution in [2.75, 3.05) is 28.8 Å². The van der Waals surface area contributed by atoms with Crippen molar-refractivity contribution in [3.63, 3.8) is 0 Å². The highest BCUT2D eigenvalue weighted by molar-refractivity contribution is 7.80. The van der Waals surface area contributed by atoms with Gasteiger partial charge in [-0.15, -0.1) is 0 Å². The van der Waals surface area contributed by atoms with Crippen LogP contribution in [0.4, 0.5) is 42.0 Å². The lowest BCUT2D eigenvalue weighted by molar-refractivity contribution is -0.137. The molecule has 12 heteroatoms. The molecule has 8 nitrogen and oxygen atoms in total. The second kappa shape index (κ2) is 10.2. The molecule has 0 radical (unpaired) electrons. The van der Waals surface area contributed by atoms with E-state index in [0.717, 1.165) is 0 Å². The summed E-state index contributed by atoms with van der Waals surface area (Å²) in [6.45, 7) is 0. The smallest absolute Gasteiger partial charge is 0.421 e. The van der Waals surface area contributed by atoms with Crippen molar-refractivity contribution < 1.29 is 22.7 Å². The van der Waals surface area contributed by atoms with Gasteiger partial charge in [-0.25, -0.2) is 9.97 Å². The summed E-state index contributed by atoms with van der Waals surface area (Å²) in [6, 6.07) is 9.49. The number of pyridine rings is 1. The molecule has 2 heterocycles. The van der Waals surface area contributed by atoms with E-state index in [2.05, 4.69) is 43.5 Å². The summed E-state index contributed by atoms with van der Waals surface area (Å²) in [5, 5.41) is 8.13. The molecule has 0 bridgehead atoms. The number of alkyl halides is 3. The van der Waals surface area contributed by atoms with E-state index in [4.69, 9.17) is 4.74 Å². The second-order valence-electron chi connectivity index (χ2n) is 6.36. The van der Waals surface area contributed by atoms with E-state index in [0.29, 0.717) is 29.2 Å². The molecule has 0 aliphatic heterocycles. The number of halogens is 3. The Hall–Kier alpha value is -3.54. The average molecular weight is 464 g/mol. The van der Waals surface area contributed by atoms with Crippen LogP contribution in [0, 0.1) is 0 Å². The fraction of sp³-hybridized carbons (Fsp3) is 0.200. The molecule has 2 aromatic heterocycles. The van der Waals surface area contributed by atoms with Crippen molar-refractivity contribution in [1.82, 2.24) is 15.0 Å². The molecular formula is C20H19F3N6O2S. The van der Waals surface area contributed by atoms with Crippen LogP contribution in [0.5, 0.6) is 5.88 Å². The lowest BCUT2D eigenvalue weighted by Gasteiger charge is -2.17. The third-order valence-electron chi connectivity index (χ3n) is 4.09. The summed E-state index contributed by atoms with van der Waals surface area (Å²) in [6.07, 6.45) is -2.40. The number of hydrogen-bond donors (Lipinski definition) is 4. The molecule has 0 saturated heterocycles. The third-order valence-corrected chi connectivity index (χ3v) is 4.31. The van der Waals surface area contributed by atoms with Gasteiger partial charge in [-0.3, -0.25) is 4.79 Å². The first-order valence-corrected chi connectivity index (χ1v) is 9.91. The van der Waals surface area contributed by atoms with Crippen molar-refractivity contribution in [3.05, 3.63) is 54.4 Å². The summed E-state index contributed by atoms with van der Waals surface area (Å²) in [7, 11) is 1.44. The minimum absolute atomic E-state index is 0.0784. The molecule has 168 valence electrons. The van der Waals surface area contributed by atoms with Crippen molar-refractivity contribution in [1.29, 1.82) is 0 Å². The van der Waals surface area contributed by atoms with Gasteiger partial charge in [0.1, 0.15) is 11.4 Å². The average Bonchev–Trinajstić information content (AvgIpc) is 2.75. The van der Waals surface area contributed by atoms with Gasteiger partial charge in [-0.2, -0.15) is 30.8 Å². The quantitative estimate of drug-likeness (QED) is 0.360. The van der Waals surface area contributed by atoms with Gasteiger partial charge in [-0.05, 0) is 24.0 Å². The molecule has 1 aromatic carbocycles. The van der Waals surface area contributed by atoms with Crippen LogP contribution in [0.2, 0.25) is 0 Å². The SMILES string of the molecule is COc1cc(Nc2ncc(C(F)(F)F)c(Nc3ccccc3NC(=O)CCS)n2)ccn1. The number of benzene rings is 1. The molecule has 0 saturated carbocycles. The standard InChI is InChI=1S/C20H19F3N6O2S/c1-31-17-10-12(6-8-24-17)26-19-25-11-13(20(21,22)23)18(29-19)28-15-5-3-2-4-14(15)27-16(30)7-9-32/h2-6,8,10-11,32H,7,9H2,1H3,(H,27,30)(H2,24,25,26,28,29). The number of carbonyl (C=O) groups is 1. The Balaban J connectivity index is 1.94. The number of aromatic nitrogens is 3. The van der Waals surface area contributed by atoms with Gasteiger partial charge in [0.25, 0.3) is 0 Å². The van der Waals surface area contributed by atoms with Crippen molar-refractivity contribution in [2.45, 2.75) is 12.6 Å². The number of thiol groups is 1. The lowest BCUT2D eigenvalue weighted by atomic mass is 10.2. The number of methoxy groups -OCH3 is 1. The summed E-state index contributed by atoms with van der Waals surface area (Å²) in [5.74, 6) is -0.231. The van der Waals surface area contributed by atoms with E-state index in [9.17, 15) is 18.0 Å². The van der Waals surface area contributed by atoms with Gasteiger partial charge < -0.3 is 20.7 Å². The zero-order valence-corrected chi connectivity index (χ0v) is 17.7. The number of carbonyl (C=O) groups excluding carboxylic acids is 1. The Labute approximate surface area is 187 Å². The lowest BCUT2D eigenvalue weighted by Crippen LogP contribution is -2.15. The van der Waals surface area contributed by atoms with Crippen LogP contribution in [0.1, 0.15) is 12.0 Å². The normalized spacial score (nSPS) is 11.0. The summed E-state index contributed by atoms with van der Waals surface area (Å²) in [5.41, 5.74) is -0.0473. The molecule has 32 heavy (non-hydrogen) atoms. The van der Waals surface area contributed by atoms with Crippen LogP contribution in [0.25, 0.3) is 0 Å². The zero-order chi connectivity index (χ0) is 23.1. The zero-order valence-electron chi connectivity index (χ0n) is 16.8. The Morgan fingerprint density at radius 1 is 1.12 bits per heavy atom. The molecular weight excluding hydrogens is 445 g/mol. The Kier molecular flexibility index (Phi) is 7.36. The van der Waals surface area contributed by atoms with Gasteiger partial charge in [0.2, 0.25) is 17.7 Å². The van der Waals surface area contributed by atoms with Crippen LogP contribution in [0.3, 0.4) is 0 Å². The summed E-state index contributed by atoms with van der Waals surface area (Å²) < 4.78 is 45.8. The molecule has 3 rings (SSSR count). The number of nitrogens with zero attached hydrogens (tertiary/aromatic N) is 3. The second-order valence-corrected chi connectivity index (χ2v) is 6.81. The number of amides is 1. The monoisotopic (exact) mass is 464 g/mol. The van der Waals surface area contributed by atoms with Crippen LogP contribution < -0.4 is 20.7 Å². The van der Waals surface area contributed by atoms with E-state index in [-0.39, 0.29) is 24.0 Å². The van der Waals surface area contributed by atoms with Crippen molar-refractivity contribution >= 4 is 47.4 Å². The molecule has 3 N–H and O–H groups in total.